The van der Waals surface area contributed by atoms with Gasteiger partial charge < -0.3 is 4.74 Å². The number of aryl methyl sites for hydroxylation is 2. The molecule has 0 aliphatic carbocycles. The molecule has 0 atom stereocenters. The van der Waals surface area contributed by atoms with E-state index < -0.39 is 6.09 Å². The fourth-order valence-corrected chi connectivity index (χ4v) is 3.15. The molecule has 0 saturated heterocycles. The van der Waals surface area contributed by atoms with Gasteiger partial charge in [0.25, 0.3) is 0 Å². The third kappa shape index (κ3) is 3.94. The molecule has 1 N–H and O–H groups in total. The molecule has 3 aromatic rings. The number of halogens is 1. The van der Waals surface area contributed by atoms with Crippen LogP contribution < -0.4 is 10.1 Å². The zero-order valence-electron chi connectivity index (χ0n) is 14.3. The lowest BCUT2D eigenvalue weighted by molar-refractivity contribution is 0.215. The molecule has 3 aromatic carbocycles. The topological polar surface area (TPSA) is 38.3 Å². The highest BCUT2D eigenvalue weighted by atomic mass is 35.5. The maximum Gasteiger partial charge on any atom is 0.417 e. The van der Waals surface area contributed by atoms with Crippen molar-refractivity contribution in [1.82, 2.24) is 0 Å². The van der Waals surface area contributed by atoms with E-state index in [0.717, 1.165) is 29.2 Å². The Hall–Kier alpha value is -2.52. The highest BCUT2D eigenvalue weighted by Gasteiger charge is 2.10. The van der Waals surface area contributed by atoms with Crippen molar-refractivity contribution < 1.29 is 9.53 Å². The third-order valence-corrected chi connectivity index (χ3v) is 4.50. The van der Waals surface area contributed by atoms with Crippen molar-refractivity contribution in [3.05, 3.63) is 70.7 Å². The zero-order valence-corrected chi connectivity index (χ0v) is 15.1. The van der Waals surface area contributed by atoms with E-state index in [9.17, 15) is 4.79 Å². The Kier molecular flexibility index (Phi) is 5.25. The number of anilines is 1. The number of nitrogens with one attached hydrogen (secondary N) is 1. The zero-order chi connectivity index (χ0) is 17.8. The lowest BCUT2D eigenvalue weighted by Gasteiger charge is -2.11. The van der Waals surface area contributed by atoms with Gasteiger partial charge in [0.1, 0.15) is 5.75 Å². The molecule has 3 nitrogen and oxygen atoms in total. The molecular formula is C21H20ClNO2. The van der Waals surface area contributed by atoms with Gasteiger partial charge in [-0.3, -0.25) is 5.32 Å². The van der Waals surface area contributed by atoms with E-state index in [4.69, 9.17) is 16.3 Å². The quantitative estimate of drug-likeness (QED) is 0.603. The molecule has 0 bridgehead atoms. The molecule has 0 saturated carbocycles. The molecule has 0 unspecified atom stereocenters. The molecule has 25 heavy (non-hydrogen) atoms. The van der Waals surface area contributed by atoms with Crippen LogP contribution in [0.5, 0.6) is 5.75 Å². The van der Waals surface area contributed by atoms with E-state index >= 15 is 0 Å². The number of benzene rings is 3. The van der Waals surface area contributed by atoms with Crippen LogP contribution in [-0.4, -0.2) is 6.09 Å². The van der Waals surface area contributed by atoms with Crippen molar-refractivity contribution in [2.24, 2.45) is 0 Å². The van der Waals surface area contributed by atoms with E-state index in [-0.39, 0.29) is 0 Å². The van der Waals surface area contributed by atoms with Crippen LogP contribution in [0.1, 0.15) is 25.0 Å². The van der Waals surface area contributed by atoms with Crippen molar-refractivity contribution in [1.29, 1.82) is 0 Å². The summed E-state index contributed by atoms with van der Waals surface area (Å²) < 4.78 is 5.47. The first-order valence-electron chi connectivity index (χ1n) is 8.39. The van der Waals surface area contributed by atoms with E-state index in [1.54, 1.807) is 0 Å². The molecule has 4 heteroatoms. The molecule has 1 amide bonds. The minimum absolute atomic E-state index is 0.507. The third-order valence-electron chi connectivity index (χ3n) is 4.18. The van der Waals surface area contributed by atoms with Crippen LogP contribution in [0.4, 0.5) is 10.5 Å². The summed E-state index contributed by atoms with van der Waals surface area (Å²) in [4.78, 5) is 12.2. The predicted molar refractivity (Wildman–Crippen MR) is 104 cm³/mol. The Labute approximate surface area is 152 Å². The van der Waals surface area contributed by atoms with Crippen LogP contribution in [0, 0.1) is 0 Å². The van der Waals surface area contributed by atoms with Gasteiger partial charge in [0.15, 0.2) is 0 Å². The fourth-order valence-electron chi connectivity index (χ4n) is 2.85. The summed E-state index contributed by atoms with van der Waals surface area (Å²) in [5, 5.41) is 5.43. The normalized spacial score (nSPS) is 10.7. The van der Waals surface area contributed by atoms with Gasteiger partial charge in [0.05, 0.1) is 0 Å². The van der Waals surface area contributed by atoms with Crippen LogP contribution in [0.3, 0.4) is 0 Å². The largest absolute Gasteiger partial charge is 0.417 e. The Balaban J connectivity index is 1.80. The first-order chi connectivity index (χ1) is 12.1. The number of fused-ring (bicyclic) bond motifs is 1. The van der Waals surface area contributed by atoms with Gasteiger partial charge in [-0.15, -0.1) is 0 Å². The van der Waals surface area contributed by atoms with E-state index in [1.165, 1.54) is 5.56 Å². The first kappa shape index (κ1) is 17.3. The van der Waals surface area contributed by atoms with Gasteiger partial charge in [-0.2, -0.15) is 0 Å². The first-order valence-corrected chi connectivity index (χ1v) is 8.77. The molecule has 0 aliphatic rings. The molecule has 3 rings (SSSR count). The summed E-state index contributed by atoms with van der Waals surface area (Å²) in [5.74, 6) is 0.509. The average Bonchev–Trinajstić information content (AvgIpc) is 2.61. The van der Waals surface area contributed by atoms with Crippen molar-refractivity contribution in [2.45, 2.75) is 26.7 Å². The standard InChI is InChI=1S/C21H20ClNO2/c1-3-14-8-10-17(11-9-14)23-21(24)25-18-12-15(4-2)20-16(13-18)6-5-7-19(20)22/h5-13H,3-4H2,1-2H3,(H,23,24). The summed E-state index contributed by atoms with van der Waals surface area (Å²) in [6.07, 6.45) is 1.26. The Morgan fingerprint density at radius 1 is 1.04 bits per heavy atom. The second-order valence-electron chi connectivity index (χ2n) is 5.84. The van der Waals surface area contributed by atoms with Crippen LogP contribution >= 0.6 is 11.6 Å². The monoisotopic (exact) mass is 353 g/mol. The van der Waals surface area contributed by atoms with Gasteiger partial charge in [-0.1, -0.05) is 49.7 Å². The Bertz CT molecular complexity index is 904. The highest BCUT2D eigenvalue weighted by molar-refractivity contribution is 6.35. The van der Waals surface area contributed by atoms with Crippen LogP contribution in [0.25, 0.3) is 10.8 Å². The Morgan fingerprint density at radius 3 is 2.48 bits per heavy atom. The van der Waals surface area contributed by atoms with Crippen LogP contribution in [-0.2, 0) is 12.8 Å². The van der Waals surface area contributed by atoms with Crippen LogP contribution in [0.2, 0.25) is 5.02 Å². The predicted octanol–water partition coefficient (Wildman–Crippen LogP) is 6.23. The number of ether oxygens (including phenoxy) is 1. The molecule has 0 heterocycles. The molecular weight excluding hydrogens is 334 g/mol. The van der Waals surface area contributed by atoms with Gasteiger partial charge in [-0.25, -0.2) is 4.79 Å². The van der Waals surface area contributed by atoms with E-state index in [0.29, 0.717) is 16.5 Å². The van der Waals surface area contributed by atoms with Gasteiger partial charge in [-0.05, 0) is 59.7 Å². The van der Waals surface area contributed by atoms with Gasteiger partial charge >= 0.3 is 6.09 Å². The van der Waals surface area contributed by atoms with Crippen molar-refractivity contribution in [3.8, 4) is 5.75 Å². The molecule has 0 radical (unpaired) electrons. The van der Waals surface area contributed by atoms with Crippen molar-refractivity contribution in [2.75, 3.05) is 5.32 Å². The second-order valence-corrected chi connectivity index (χ2v) is 6.25. The second kappa shape index (κ2) is 7.58. The van der Waals surface area contributed by atoms with E-state index in [2.05, 4.69) is 19.2 Å². The molecule has 128 valence electrons. The number of hydrogen-bond donors (Lipinski definition) is 1. The maximum absolute atomic E-state index is 12.2. The summed E-state index contributed by atoms with van der Waals surface area (Å²) in [5.41, 5.74) is 2.98. The maximum atomic E-state index is 12.2. The highest BCUT2D eigenvalue weighted by Crippen LogP contribution is 2.31. The van der Waals surface area contributed by atoms with Gasteiger partial charge in [0.2, 0.25) is 0 Å². The summed E-state index contributed by atoms with van der Waals surface area (Å²) in [6.45, 7) is 4.14. The minimum atomic E-state index is -0.507. The molecule has 0 spiro atoms. The number of carbonyl (C=O) groups is 1. The lowest BCUT2D eigenvalue weighted by atomic mass is 10.0. The number of rotatable bonds is 4. The molecule has 0 fully saturated rings. The molecule has 0 aliphatic heterocycles. The lowest BCUT2D eigenvalue weighted by Crippen LogP contribution is -2.16. The number of hydrogen-bond acceptors (Lipinski definition) is 2. The molecule has 0 aromatic heterocycles. The fraction of sp³-hybridized carbons (Fsp3) is 0.190. The summed E-state index contributed by atoms with van der Waals surface area (Å²) in [6, 6.07) is 17.2. The van der Waals surface area contributed by atoms with Crippen molar-refractivity contribution >= 4 is 34.2 Å². The average molecular weight is 354 g/mol. The summed E-state index contributed by atoms with van der Waals surface area (Å²) >= 11 is 6.31. The Morgan fingerprint density at radius 2 is 1.80 bits per heavy atom. The summed E-state index contributed by atoms with van der Waals surface area (Å²) in [7, 11) is 0. The van der Waals surface area contributed by atoms with Gasteiger partial charge in [0, 0.05) is 16.1 Å². The van der Waals surface area contributed by atoms with E-state index in [1.807, 2.05) is 54.6 Å². The number of amides is 1. The van der Waals surface area contributed by atoms with Crippen molar-refractivity contribution in [3.63, 3.8) is 0 Å². The van der Waals surface area contributed by atoms with Crippen LogP contribution in [0.15, 0.2) is 54.6 Å². The SMILES string of the molecule is CCc1ccc(NC(=O)Oc2cc(CC)c3c(Cl)cccc3c2)cc1. The number of carbonyl (C=O) groups excluding carboxylic acids is 1. The minimum Gasteiger partial charge on any atom is -0.410 e. The smallest absolute Gasteiger partial charge is 0.410 e.